The lowest BCUT2D eigenvalue weighted by molar-refractivity contribution is 1.28. The van der Waals surface area contributed by atoms with Crippen LogP contribution in [-0.2, 0) is 0 Å². The molecular formula is C46H33N. The second kappa shape index (κ2) is 12.7. The normalized spacial score (nSPS) is 11.0. The summed E-state index contributed by atoms with van der Waals surface area (Å²) in [5, 5.41) is 2.50. The predicted octanol–water partition coefficient (Wildman–Crippen LogP) is 13.0. The average molecular weight is 600 g/mol. The van der Waals surface area contributed by atoms with Crippen molar-refractivity contribution in [1.29, 1.82) is 0 Å². The molecule has 0 unspecified atom stereocenters. The molecule has 222 valence electrons. The quantitative estimate of drug-likeness (QED) is 0.176. The van der Waals surface area contributed by atoms with E-state index in [0.29, 0.717) is 0 Å². The number of fused-ring (bicyclic) bond motifs is 1. The number of rotatable bonds is 7. The lowest BCUT2D eigenvalue weighted by Gasteiger charge is -2.26. The van der Waals surface area contributed by atoms with Crippen LogP contribution in [0.4, 0.5) is 17.1 Å². The molecular weight excluding hydrogens is 567 g/mol. The van der Waals surface area contributed by atoms with Gasteiger partial charge in [-0.15, -0.1) is 0 Å². The fourth-order valence-corrected chi connectivity index (χ4v) is 6.44. The molecule has 0 amide bonds. The zero-order chi connectivity index (χ0) is 31.4. The van der Waals surface area contributed by atoms with E-state index in [0.717, 1.165) is 17.1 Å². The SMILES string of the molecule is c1ccc(-c2ccc(N(c3ccc(-c4ccccc4)cc3)c3ccc(-c4cccc5ccc(-c6ccccc6)cc45)cc3)cc2)cc1. The molecule has 0 bridgehead atoms. The van der Waals surface area contributed by atoms with Gasteiger partial charge in [0.15, 0.2) is 0 Å². The van der Waals surface area contributed by atoms with E-state index in [1.807, 2.05) is 0 Å². The van der Waals surface area contributed by atoms with Crippen molar-refractivity contribution in [1.82, 2.24) is 0 Å². The molecule has 0 saturated carbocycles. The smallest absolute Gasteiger partial charge is 0.0462 e. The minimum Gasteiger partial charge on any atom is -0.311 e. The molecule has 8 aromatic carbocycles. The molecule has 0 heterocycles. The second-order valence-electron chi connectivity index (χ2n) is 11.8. The first-order valence-electron chi connectivity index (χ1n) is 16.1. The van der Waals surface area contributed by atoms with Crippen LogP contribution >= 0.6 is 0 Å². The first-order chi connectivity index (χ1) is 23.3. The average Bonchev–Trinajstić information content (AvgIpc) is 3.16. The first kappa shape index (κ1) is 28.3. The van der Waals surface area contributed by atoms with Gasteiger partial charge in [-0.3, -0.25) is 0 Å². The molecule has 8 rings (SSSR count). The molecule has 0 aliphatic heterocycles. The van der Waals surface area contributed by atoms with E-state index < -0.39 is 0 Å². The Labute approximate surface area is 276 Å². The Balaban J connectivity index is 1.18. The Morgan fingerprint density at radius 3 is 1.11 bits per heavy atom. The highest BCUT2D eigenvalue weighted by molar-refractivity contribution is 5.99. The van der Waals surface area contributed by atoms with Gasteiger partial charge < -0.3 is 4.90 Å². The number of anilines is 3. The van der Waals surface area contributed by atoms with Gasteiger partial charge in [0.2, 0.25) is 0 Å². The van der Waals surface area contributed by atoms with Gasteiger partial charge in [-0.2, -0.15) is 0 Å². The van der Waals surface area contributed by atoms with Crippen molar-refractivity contribution in [3.05, 3.63) is 200 Å². The van der Waals surface area contributed by atoms with E-state index in [1.54, 1.807) is 0 Å². The summed E-state index contributed by atoms with van der Waals surface area (Å²) in [7, 11) is 0. The molecule has 1 heteroatoms. The summed E-state index contributed by atoms with van der Waals surface area (Å²) < 4.78 is 0. The van der Waals surface area contributed by atoms with Crippen LogP contribution in [0.25, 0.3) is 55.3 Å². The van der Waals surface area contributed by atoms with Crippen LogP contribution in [0.15, 0.2) is 200 Å². The van der Waals surface area contributed by atoms with Crippen molar-refractivity contribution in [2.24, 2.45) is 0 Å². The maximum Gasteiger partial charge on any atom is 0.0462 e. The van der Waals surface area contributed by atoms with Crippen molar-refractivity contribution in [3.63, 3.8) is 0 Å². The highest BCUT2D eigenvalue weighted by atomic mass is 15.1. The minimum absolute atomic E-state index is 1.11. The van der Waals surface area contributed by atoms with Crippen molar-refractivity contribution < 1.29 is 0 Å². The van der Waals surface area contributed by atoms with E-state index in [1.165, 1.54) is 55.3 Å². The summed E-state index contributed by atoms with van der Waals surface area (Å²) >= 11 is 0. The number of hydrogen-bond acceptors (Lipinski definition) is 1. The fourth-order valence-electron chi connectivity index (χ4n) is 6.44. The number of hydrogen-bond donors (Lipinski definition) is 0. The van der Waals surface area contributed by atoms with E-state index in [9.17, 15) is 0 Å². The van der Waals surface area contributed by atoms with E-state index in [4.69, 9.17) is 0 Å². The van der Waals surface area contributed by atoms with E-state index in [-0.39, 0.29) is 0 Å². The molecule has 0 radical (unpaired) electrons. The third-order valence-electron chi connectivity index (χ3n) is 8.89. The van der Waals surface area contributed by atoms with Gasteiger partial charge in [0, 0.05) is 17.1 Å². The van der Waals surface area contributed by atoms with E-state index >= 15 is 0 Å². The largest absolute Gasteiger partial charge is 0.311 e. The Bertz CT molecular complexity index is 2150. The highest BCUT2D eigenvalue weighted by Crippen LogP contribution is 2.39. The summed E-state index contributed by atoms with van der Waals surface area (Å²) in [5.74, 6) is 0. The summed E-state index contributed by atoms with van der Waals surface area (Å²) in [6.45, 7) is 0. The lowest BCUT2D eigenvalue weighted by atomic mass is 9.94. The van der Waals surface area contributed by atoms with Crippen molar-refractivity contribution in [2.45, 2.75) is 0 Å². The van der Waals surface area contributed by atoms with Crippen LogP contribution in [0.2, 0.25) is 0 Å². The lowest BCUT2D eigenvalue weighted by Crippen LogP contribution is -2.09. The first-order valence-corrected chi connectivity index (χ1v) is 16.1. The third kappa shape index (κ3) is 5.83. The van der Waals surface area contributed by atoms with Crippen LogP contribution in [-0.4, -0.2) is 0 Å². The van der Waals surface area contributed by atoms with Gasteiger partial charge in [0.25, 0.3) is 0 Å². The van der Waals surface area contributed by atoms with Crippen LogP contribution in [0.5, 0.6) is 0 Å². The fraction of sp³-hybridized carbons (Fsp3) is 0. The molecule has 0 spiro atoms. The van der Waals surface area contributed by atoms with Crippen molar-refractivity contribution >= 4 is 27.8 Å². The van der Waals surface area contributed by atoms with Crippen molar-refractivity contribution in [3.8, 4) is 44.5 Å². The topological polar surface area (TPSA) is 3.24 Å². The number of nitrogens with zero attached hydrogens (tertiary/aromatic N) is 1. The van der Waals surface area contributed by atoms with Gasteiger partial charge in [-0.25, -0.2) is 0 Å². The molecule has 0 aliphatic rings. The van der Waals surface area contributed by atoms with Gasteiger partial charge in [-0.1, -0.05) is 158 Å². The summed E-state index contributed by atoms with van der Waals surface area (Å²) in [6, 6.07) is 71.8. The number of benzene rings is 8. The standard InChI is InChI=1S/C46H33N/c1-4-11-34(12-5-1)37-21-27-42(28-22-37)47(43-29-23-38(24-30-43)35-13-6-2-7-14-35)44-31-25-40(26-32-44)45-18-10-17-39-19-20-41(33-46(39)45)36-15-8-3-9-16-36/h1-33H. The molecule has 1 nitrogen and oxygen atoms in total. The molecule has 0 aliphatic carbocycles. The summed E-state index contributed by atoms with van der Waals surface area (Å²) in [5.41, 5.74) is 13.1. The van der Waals surface area contributed by atoms with Gasteiger partial charge in [0.1, 0.15) is 0 Å². The van der Waals surface area contributed by atoms with Crippen LogP contribution < -0.4 is 4.90 Å². The molecule has 0 aromatic heterocycles. The van der Waals surface area contributed by atoms with Crippen LogP contribution in [0.3, 0.4) is 0 Å². The predicted molar refractivity (Wildman–Crippen MR) is 200 cm³/mol. The molecule has 0 saturated heterocycles. The summed E-state index contributed by atoms with van der Waals surface area (Å²) in [4.78, 5) is 2.34. The van der Waals surface area contributed by atoms with Gasteiger partial charge in [0.05, 0.1) is 0 Å². The molecule has 0 N–H and O–H groups in total. The van der Waals surface area contributed by atoms with Crippen molar-refractivity contribution in [2.75, 3.05) is 4.90 Å². The van der Waals surface area contributed by atoms with E-state index in [2.05, 4.69) is 205 Å². The maximum atomic E-state index is 2.34. The van der Waals surface area contributed by atoms with Crippen LogP contribution in [0, 0.1) is 0 Å². The Hall–Kier alpha value is -6.18. The Kier molecular flexibility index (Phi) is 7.63. The van der Waals surface area contributed by atoms with Crippen LogP contribution in [0.1, 0.15) is 0 Å². The molecule has 0 fully saturated rings. The highest BCUT2D eigenvalue weighted by Gasteiger charge is 2.14. The zero-order valence-electron chi connectivity index (χ0n) is 26.0. The zero-order valence-corrected chi connectivity index (χ0v) is 26.0. The molecule has 8 aromatic rings. The third-order valence-corrected chi connectivity index (χ3v) is 8.89. The monoisotopic (exact) mass is 599 g/mol. The second-order valence-corrected chi connectivity index (χ2v) is 11.8. The molecule has 47 heavy (non-hydrogen) atoms. The molecule has 0 atom stereocenters. The maximum absolute atomic E-state index is 2.34. The Morgan fingerprint density at radius 2 is 0.638 bits per heavy atom. The summed E-state index contributed by atoms with van der Waals surface area (Å²) in [6.07, 6.45) is 0. The van der Waals surface area contributed by atoms with Gasteiger partial charge >= 0.3 is 0 Å². The minimum atomic E-state index is 1.11. The Morgan fingerprint density at radius 1 is 0.255 bits per heavy atom. The van der Waals surface area contributed by atoms with Gasteiger partial charge in [-0.05, 0) is 97.7 Å².